The summed E-state index contributed by atoms with van der Waals surface area (Å²) in [5.41, 5.74) is 3.00. The second-order valence-electron chi connectivity index (χ2n) is 10.2. The Balaban J connectivity index is 1.17. The quantitative estimate of drug-likeness (QED) is 0.335. The van der Waals surface area contributed by atoms with E-state index in [1.807, 2.05) is 36.4 Å². The second-order valence-corrected chi connectivity index (χ2v) is 10.2. The van der Waals surface area contributed by atoms with Crippen LogP contribution in [0.3, 0.4) is 0 Å². The van der Waals surface area contributed by atoms with Crippen molar-refractivity contribution in [2.75, 3.05) is 42.8 Å². The van der Waals surface area contributed by atoms with E-state index in [0.717, 1.165) is 33.5 Å². The van der Waals surface area contributed by atoms with E-state index in [2.05, 4.69) is 30.8 Å². The Bertz CT molecular complexity index is 1640. The highest BCUT2D eigenvalue weighted by Gasteiger charge is 2.65. The molecule has 2 aromatic heterocycles. The number of amides is 1. The van der Waals surface area contributed by atoms with E-state index in [9.17, 15) is 13.6 Å². The standard InChI is InChI=1S/C27H25F2N7O3/c1-38-15-4-6-19-17(10-15)27(24(37)31-19)11-18(27)14-3-5-16-20(9-14)34-35-22(16)32-23-21(39-2)12-30-25(33-23)36-8-7-26(28,29)13-36/h3-6,9-10,12,18H,7-8,11,13H2,1-2H3,(H,31,37)(H2,30,32,33,34,35)/t18-,27-/m0/s1. The summed E-state index contributed by atoms with van der Waals surface area (Å²) in [5, 5.41) is 14.5. The van der Waals surface area contributed by atoms with E-state index in [1.54, 1.807) is 7.11 Å². The van der Waals surface area contributed by atoms with Gasteiger partial charge in [0.1, 0.15) is 5.75 Å². The number of nitrogens with one attached hydrogen (secondary N) is 3. The Labute approximate surface area is 221 Å². The van der Waals surface area contributed by atoms with Crippen molar-refractivity contribution < 1.29 is 23.0 Å². The van der Waals surface area contributed by atoms with Crippen LogP contribution in [-0.2, 0) is 10.2 Å². The van der Waals surface area contributed by atoms with E-state index in [1.165, 1.54) is 18.2 Å². The predicted molar refractivity (Wildman–Crippen MR) is 140 cm³/mol. The average molecular weight is 534 g/mol. The summed E-state index contributed by atoms with van der Waals surface area (Å²) in [6, 6.07) is 11.6. The van der Waals surface area contributed by atoms with Crippen LogP contribution < -0.4 is 25.0 Å². The van der Waals surface area contributed by atoms with E-state index >= 15 is 0 Å². The molecule has 39 heavy (non-hydrogen) atoms. The molecule has 4 aromatic rings. The molecule has 1 spiro atoms. The first-order chi connectivity index (χ1) is 18.8. The number of benzene rings is 2. The molecule has 2 aromatic carbocycles. The number of carbonyl (C=O) groups excluding carboxylic acids is 1. The van der Waals surface area contributed by atoms with Gasteiger partial charge in [0.25, 0.3) is 5.92 Å². The van der Waals surface area contributed by atoms with Crippen molar-refractivity contribution in [3.63, 3.8) is 0 Å². The van der Waals surface area contributed by atoms with E-state index < -0.39 is 17.9 Å². The smallest absolute Gasteiger partial charge is 0.267 e. The number of methoxy groups -OCH3 is 2. The highest BCUT2D eigenvalue weighted by Crippen LogP contribution is 2.65. The van der Waals surface area contributed by atoms with Gasteiger partial charge in [0.05, 0.1) is 37.9 Å². The lowest BCUT2D eigenvalue weighted by atomic mass is 9.91. The Kier molecular flexibility index (Phi) is 5.00. The topological polar surface area (TPSA) is 117 Å². The average Bonchev–Trinajstić information content (AvgIpc) is 3.27. The zero-order chi connectivity index (χ0) is 26.9. The number of carbonyl (C=O) groups is 1. The summed E-state index contributed by atoms with van der Waals surface area (Å²) >= 11 is 0. The van der Waals surface area contributed by atoms with Crippen molar-refractivity contribution in [3.8, 4) is 11.5 Å². The van der Waals surface area contributed by atoms with Crippen LogP contribution in [0.1, 0.15) is 29.9 Å². The lowest BCUT2D eigenvalue weighted by molar-refractivity contribution is -0.118. The molecule has 12 heteroatoms. The van der Waals surface area contributed by atoms with E-state index in [0.29, 0.717) is 23.8 Å². The molecular formula is C27H25F2N7O3. The molecule has 1 amide bonds. The minimum atomic E-state index is -2.76. The van der Waals surface area contributed by atoms with Gasteiger partial charge in [0, 0.05) is 30.0 Å². The molecule has 10 nitrogen and oxygen atoms in total. The van der Waals surface area contributed by atoms with Crippen LogP contribution in [0.2, 0.25) is 0 Å². The molecule has 0 bridgehead atoms. The molecule has 0 radical (unpaired) electrons. The minimum absolute atomic E-state index is 0.00485. The molecule has 3 aliphatic rings. The Morgan fingerprint density at radius 3 is 2.77 bits per heavy atom. The van der Waals surface area contributed by atoms with Crippen LogP contribution in [0.4, 0.5) is 32.1 Å². The molecule has 4 heterocycles. The molecule has 3 N–H and O–H groups in total. The molecular weight excluding hydrogens is 508 g/mol. The van der Waals surface area contributed by atoms with Crippen molar-refractivity contribution in [2.45, 2.75) is 30.1 Å². The van der Waals surface area contributed by atoms with Crippen LogP contribution in [0.25, 0.3) is 10.9 Å². The fourth-order valence-corrected chi connectivity index (χ4v) is 5.82. The van der Waals surface area contributed by atoms with Gasteiger partial charge < -0.3 is 25.0 Å². The Hall–Kier alpha value is -4.48. The highest BCUT2D eigenvalue weighted by molar-refractivity contribution is 6.10. The number of nitrogens with zero attached hydrogens (tertiary/aromatic N) is 4. The number of rotatable bonds is 6. The SMILES string of the molecule is COc1ccc2c(c1)[C@]1(C[C@H]1c1ccc3c(Nc4nc(N5CCC(F)(F)C5)ncc4OC)n[nH]c3c1)C(=O)N2. The molecule has 1 saturated carbocycles. The number of hydrogen-bond donors (Lipinski definition) is 3. The summed E-state index contributed by atoms with van der Waals surface area (Å²) in [4.78, 5) is 23.2. The lowest BCUT2D eigenvalue weighted by Crippen LogP contribution is -2.26. The number of fused-ring (bicyclic) bond motifs is 3. The van der Waals surface area contributed by atoms with Crippen molar-refractivity contribution in [1.29, 1.82) is 0 Å². The number of H-pyrrole nitrogens is 1. The van der Waals surface area contributed by atoms with Crippen LogP contribution in [0.5, 0.6) is 11.5 Å². The number of anilines is 4. The molecule has 1 aliphatic carbocycles. The van der Waals surface area contributed by atoms with E-state index in [4.69, 9.17) is 9.47 Å². The van der Waals surface area contributed by atoms with Crippen molar-refractivity contribution in [2.24, 2.45) is 0 Å². The fourth-order valence-electron chi connectivity index (χ4n) is 5.82. The maximum absolute atomic E-state index is 13.7. The normalized spacial score (nSPS) is 22.7. The Morgan fingerprint density at radius 2 is 2.00 bits per heavy atom. The monoisotopic (exact) mass is 533 g/mol. The van der Waals surface area contributed by atoms with Crippen LogP contribution in [-0.4, -0.2) is 59.3 Å². The van der Waals surface area contributed by atoms with Gasteiger partial charge in [-0.2, -0.15) is 10.1 Å². The summed E-state index contributed by atoms with van der Waals surface area (Å²) in [7, 11) is 3.10. The molecule has 1 saturated heterocycles. The van der Waals surface area contributed by atoms with Crippen molar-refractivity contribution >= 4 is 40.1 Å². The minimum Gasteiger partial charge on any atom is -0.497 e. The van der Waals surface area contributed by atoms with Gasteiger partial charge in [-0.1, -0.05) is 6.07 Å². The first-order valence-electron chi connectivity index (χ1n) is 12.6. The van der Waals surface area contributed by atoms with Gasteiger partial charge in [-0.05, 0) is 47.9 Å². The summed E-state index contributed by atoms with van der Waals surface area (Å²) in [6.07, 6.45) is 1.93. The van der Waals surface area contributed by atoms with Crippen LogP contribution >= 0.6 is 0 Å². The van der Waals surface area contributed by atoms with Crippen molar-refractivity contribution in [1.82, 2.24) is 20.2 Å². The number of aromatic nitrogens is 4. The fraction of sp³-hybridized carbons (Fsp3) is 0.333. The molecule has 2 fully saturated rings. The van der Waals surface area contributed by atoms with Crippen molar-refractivity contribution in [3.05, 3.63) is 53.7 Å². The second kappa shape index (κ2) is 8.26. The van der Waals surface area contributed by atoms with Gasteiger partial charge in [-0.25, -0.2) is 13.8 Å². The molecule has 2 aliphatic heterocycles. The number of alkyl halides is 2. The first-order valence-corrected chi connectivity index (χ1v) is 12.6. The number of aromatic amines is 1. The predicted octanol–water partition coefficient (Wildman–Crippen LogP) is 4.34. The zero-order valence-corrected chi connectivity index (χ0v) is 21.2. The summed E-state index contributed by atoms with van der Waals surface area (Å²) < 4.78 is 38.3. The summed E-state index contributed by atoms with van der Waals surface area (Å²) in [5.74, 6) is -0.627. The molecule has 0 unspecified atom stereocenters. The highest BCUT2D eigenvalue weighted by atomic mass is 19.3. The zero-order valence-electron chi connectivity index (χ0n) is 21.2. The van der Waals surface area contributed by atoms with Gasteiger partial charge in [0.2, 0.25) is 11.9 Å². The molecule has 7 rings (SSSR count). The van der Waals surface area contributed by atoms with Gasteiger partial charge in [-0.15, -0.1) is 0 Å². The number of hydrogen-bond acceptors (Lipinski definition) is 8. The molecule has 2 atom stereocenters. The van der Waals surface area contributed by atoms with Gasteiger partial charge in [-0.3, -0.25) is 9.89 Å². The Morgan fingerprint density at radius 1 is 1.13 bits per heavy atom. The maximum Gasteiger partial charge on any atom is 0.267 e. The third-order valence-corrected chi connectivity index (χ3v) is 7.96. The third kappa shape index (κ3) is 3.65. The number of ether oxygens (including phenoxy) is 2. The van der Waals surface area contributed by atoms with Crippen LogP contribution in [0, 0.1) is 0 Å². The number of halogens is 2. The maximum atomic E-state index is 13.7. The van der Waals surface area contributed by atoms with Gasteiger partial charge in [0.15, 0.2) is 17.4 Å². The molecule has 200 valence electrons. The lowest BCUT2D eigenvalue weighted by Gasteiger charge is -2.17. The summed E-state index contributed by atoms with van der Waals surface area (Å²) in [6.45, 7) is -0.254. The van der Waals surface area contributed by atoms with Crippen LogP contribution in [0.15, 0.2) is 42.6 Å². The third-order valence-electron chi connectivity index (χ3n) is 7.96. The largest absolute Gasteiger partial charge is 0.497 e. The van der Waals surface area contributed by atoms with E-state index in [-0.39, 0.29) is 30.7 Å². The first kappa shape index (κ1) is 23.6. The van der Waals surface area contributed by atoms with Gasteiger partial charge >= 0.3 is 0 Å².